The van der Waals surface area contributed by atoms with Gasteiger partial charge in [0.05, 0.1) is 18.7 Å². The van der Waals surface area contributed by atoms with E-state index < -0.39 is 0 Å². The normalized spacial score (nSPS) is 15.2. The molecule has 19 heavy (non-hydrogen) atoms. The van der Waals surface area contributed by atoms with Crippen molar-refractivity contribution in [1.82, 2.24) is 4.90 Å². The third-order valence-electron chi connectivity index (χ3n) is 3.04. The van der Waals surface area contributed by atoms with Crippen LogP contribution in [0.3, 0.4) is 0 Å². The second kappa shape index (κ2) is 5.52. The number of carbonyl (C=O) groups is 3. The lowest BCUT2D eigenvalue weighted by Gasteiger charge is -2.13. The zero-order chi connectivity index (χ0) is 14.0. The van der Waals surface area contributed by atoms with Gasteiger partial charge in [0.1, 0.15) is 0 Å². The molecule has 0 aliphatic carbocycles. The lowest BCUT2D eigenvalue weighted by atomic mass is 10.0. The van der Waals surface area contributed by atoms with Crippen molar-refractivity contribution in [1.29, 1.82) is 0 Å². The number of carbonyl (C=O) groups excluding carboxylic acids is 3. The molecule has 1 aliphatic rings. The number of Topliss-reactive ketones (excluding diaryl/α,β-unsaturated/α-hetero) is 1. The Hall–Kier alpha value is -1.69. The molecule has 1 aromatic rings. The van der Waals surface area contributed by atoms with Crippen LogP contribution >= 0.6 is 12.1 Å². The van der Waals surface area contributed by atoms with Crippen LogP contribution in [0.1, 0.15) is 28.8 Å². The monoisotopic (exact) mass is 281 g/mol. The number of nitrogens with zero attached hydrogens (tertiary/aromatic N) is 1. The van der Waals surface area contributed by atoms with Crippen molar-refractivity contribution < 1.29 is 18.3 Å². The molecule has 1 saturated heterocycles. The maximum atomic E-state index is 12.4. The summed E-state index contributed by atoms with van der Waals surface area (Å²) in [6, 6.07) is 4.58. The van der Waals surface area contributed by atoms with Crippen LogP contribution in [0, 0.1) is 6.92 Å². The Balaban J connectivity index is 2.16. The van der Waals surface area contributed by atoms with Crippen molar-refractivity contribution in [3.8, 4) is 0 Å². The van der Waals surface area contributed by atoms with Crippen LogP contribution in [-0.4, -0.2) is 29.0 Å². The van der Waals surface area contributed by atoms with Crippen molar-refractivity contribution in [3.05, 3.63) is 29.3 Å². The summed E-state index contributed by atoms with van der Waals surface area (Å²) in [7, 11) is 0. The Kier molecular flexibility index (Phi) is 3.99. The van der Waals surface area contributed by atoms with Gasteiger partial charge in [-0.15, -0.1) is 0 Å². The predicted molar refractivity (Wildman–Crippen MR) is 68.4 cm³/mol. The lowest BCUT2D eigenvalue weighted by Crippen LogP contribution is -2.34. The van der Waals surface area contributed by atoms with Crippen molar-refractivity contribution in [2.45, 2.75) is 24.7 Å². The second-order valence-corrected chi connectivity index (χ2v) is 4.98. The smallest absolute Gasteiger partial charge is 0.230 e. The third kappa shape index (κ3) is 2.84. The molecule has 2 rings (SSSR count). The molecule has 100 valence electrons. The standard InChI is InChI=1S/C13H12FNO3S/c1-8-6-9(19-14)2-3-10(8)11(16)7-15-12(17)4-5-13(15)18/h2-3,6H,4-5,7H2,1H3. The first kappa shape index (κ1) is 13.7. The molecule has 2 amide bonds. The molecule has 1 fully saturated rings. The van der Waals surface area contributed by atoms with Crippen LogP contribution in [0.25, 0.3) is 0 Å². The van der Waals surface area contributed by atoms with Gasteiger partial charge in [0.15, 0.2) is 5.78 Å². The molecule has 0 radical (unpaired) electrons. The number of ketones is 1. The van der Waals surface area contributed by atoms with Crippen LogP contribution in [-0.2, 0) is 9.59 Å². The number of hydrogen-bond acceptors (Lipinski definition) is 4. The van der Waals surface area contributed by atoms with Crippen LogP contribution in [0.15, 0.2) is 23.1 Å². The number of rotatable bonds is 4. The molecule has 1 aliphatic heterocycles. The molecule has 0 N–H and O–H groups in total. The van der Waals surface area contributed by atoms with Gasteiger partial charge >= 0.3 is 0 Å². The van der Waals surface area contributed by atoms with Gasteiger partial charge in [-0.3, -0.25) is 19.3 Å². The van der Waals surface area contributed by atoms with Crippen molar-refractivity contribution in [3.63, 3.8) is 0 Å². The van der Waals surface area contributed by atoms with Gasteiger partial charge in [-0.1, -0.05) is 0 Å². The zero-order valence-electron chi connectivity index (χ0n) is 10.3. The number of halogens is 1. The maximum absolute atomic E-state index is 12.4. The van der Waals surface area contributed by atoms with E-state index in [1.807, 2.05) is 0 Å². The van der Waals surface area contributed by atoms with E-state index in [0.29, 0.717) is 16.0 Å². The molecule has 1 heterocycles. The van der Waals surface area contributed by atoms with E-state index in [2.05, 4.69) is 0 Å². The Morgan fingerprint density at radius 3 is 2.47 bits per heavy atom. The van der Waals surface area contributed by atoms with Gasteiger partial charge in [0.2, 0.25) is 11.8 Å². The average molecular weight is 281 g/mol. The van der Waals surface area contributed by atoms with Gasteiger partial charge in [0.25, 0.3) is 0 Å². The van der Waals surface area contributed by atoms with Gasteiger partial charge in [0, 0.05) is 23.3 Å². The molecular formula is C13H12FNO3S. The van der Waals surface area contributed by atoms with Gasteiger partial charge < -0.3 is 0 Å². The molecule has 0 saturated carbocycles. The fourth-order valence-corrected chi connectivity index (χ4v) is 2.37. The van der Waals surface area contributed by atoms with Gasteiger partial charge in [-0.2, -0.15) is 3.89 Å². The molecule has 0 unspecified atom stereocenters. The minimum absolute atomic E-state index is 0.107. The summed E-state index contributed by atoms with van der Waals surface area (Å²) in [6.45, 7) is 1.46. The number of amides is 2. The van der Waals surface area contributed by atoms with Crippen LogP contribution in [0.4, 0.5) is 3.89 Å². The molecular weight excluding hydrogens is 269 g/mol. The van der Waals surface area contributed by atoms with E-state index in [1.54, 1.807) is 13.0 Å². The fraction of sp³-hybridized carbons (Fsp3) is 0.308. The van der Waals surface area contributed by atoms with E-state index in [0.717, 1.165) is 4.90 Å². The summed E-state index contributed by atoms with van der Waals surface area (Å²) in [6.07, 6.45) is 0.338. The predicted octanol–water partition coefficient (Wildman–Crippen LogP) is 2.30. The number of benzene rings is 1. The van der Waals surface area contributed by atoms with Crippen molar-refractivity contribution in [2.24, 2.45) is 0 Å². The molecule has 1 aromatic carbocycles. The summed E-state index contributed by atoms with van der Waals surface area (Å²) < 4.78 is 12.4. The number of likely N-dealkylation sites (tertiary alicyclic amines) is 1. The van der Waals surface area contributed by atoms with E-state index in [-0.39, 0.29) is 49.1 Å². The highest BCUT2D eigenvalue weighted by Gasteiger charge is 2.30. The number of aryl methyl sites for hydroxylation is 1. The van der Waals surface area contributed by atoms with E-state index in [4.69, 9.17) is 0 Å². The first-order chi connectivity index (χ1) is 9.02. The van der Waals surface area contributed by atoms with Crippen LogP contribution < -0.4 is 0 Å². The van der Waals surface area contributed by atoms with E-state index in [1.165, 1.54) is 12.1 Å². The number of imide groups is 1. The van der Waals surface area contributed by atoms with Crippen molar-refractivity contribution in [2.75, 3.05) is 6.54 Å². The highest BCUT2D eigenvalue weighted by Crippen LogP contribution is 2.22. The lowest BCUT2D eigenvalue weighted by molar-refractivity contribution is -0.137. The summed E-state index contributed by atoms with van der Waals surface area (Å²) in [4.78, 5) is 36.3. The first-order valence-corrected chi connectivity index (χ1v) is 6.50. The Bertz CT molecular complexity index is 543. The molecule has 0 aromatic heterocycles. The minimum Gasteiger partial charge on any atom is -0.292 e. The summed E-state index contributed by atoms with van der Waals surface area (Å²) in [5.41, 5.74) is 1.04. The molecule has 0 atom stereocenters. The third-order valence-corrected chi connectivity index (χ3v) is 3.48. The molecule has 0 spiro atoms. The van der Waals surface area contributed by atoms with Gasteiger partial charge in [-0.05, 0) is 30.7 Å². The topological polar surface area (TPSA) is 54.5 Å². The van der Waals surface area contributed by atoms with Crippen LogP contribution in [0.5, 0.6) is 0 Å². The summed E-state index contributed by atoms with van der Waals surface area (Å²) in [5, 5.41) is 0. The Morgan fingerprint density at radius 1 is 1.32 bits per heavy atom. The number of hydrogen-bond donors (Lipinski definition) is 0. The van der Waals surface area contributed by atoms with Crippen molar-refractivity contribution >= 4 is 29.7 Å². The Morgan fingerprint density at radius 2 is 1.95 bits per heavy atom. The second-order valence-electron chi connectivity index (χ2n) is 4.35. The largest absolute Gasteiger partial charge is 0.292 e. The van der Waals surface area contributed by atoms with Crippen LogP contribution in [0.2, 0.25) is 0 Å². The summed E-state index contributed by atoms with van der Waals surface area (Å²) in [5.74, 6) is -0.935. The fourth-order valence-electron chi connectivity index (χ4n) is 2.03. The minimum atomic E-state index is -0.313. The van der Waals surface area contributed by atoms with E-state index in [9.17, 15) is 18.3 Å². The summed E-state index contributed by atoms with van der Waals surface area (Å²) >= 11 is 0.107. The molecule has 6 heteroatoms. The SMILES string of the molecule is Cc1cc(SF)ccc1C(=O)CN1C(=O)CCC1=O. The maximum Gasteiger partial charge on any atom is 0.230 e. The Labute approximate surface area is 114 Å². The first-order valence-electron chi connectivity index (χ1n) is 5.78. The quantitative estimate of drug-likeness (QED) is 0.627. The zero-order valence-corrected chi connectivity index (χ0v) is 11.1. The molecule has 4 nitrogen and oxygen atoms in total. The highest BCUT2D eigenvalue weighted by molar-refractivity contribution is 7.94. The molecule has 0 bridgehead atoms. The highest BCUT2D eigenvalue weighted by atomic mass is 32.2. The van der Waals surface area contributed by atoms with E-state index >= 15 is 0 Å². The van der Waals surface area contributed by atoms with Gasteiger partial charge in [-0.25, -0.2) is 0 Å². The average Bonchev–Trinajstić information content (AvgIpc) is 2.70.